The van der Waals surface area contributed by atoms with Gasteiger partial charge in [0.15, 0.2) is 5.75 Å². The highest BCUT2D eigenvalue weighted by Crippen LogP contribution is 2.25. The van der Waals surface area contributed by atoms with Gasteiger partial charge in [-0.25, -0.2) is 9.07 Å². The molecule has 0 aliphatic carbocycles. The fourth-order valence-corrected chi connectivity index (χ4v) is 1.89. The predicted molar refractivity (Wildman–Crippen MR) is 76.6 cm³/mol. The van der Waals surface area contributed by atoms with E-state index in [0.29, 0.717) is 11.5 Å². The van der Waals surface area contributed by atoms with Crippen molar-refractivity contribution in [2.45, 2.75) is 0 Å². The molecule has 4 nitrogen and oxygen atoms in total. The Labute approximate surface area is 121 Å². The molecule has 3 aromatic rings. The van der Waals surface area contributed by atoms with Crippen molar-refractivity contribution < 1.29 is 13.9 Å². The highest BCUT2D eigenvalue weighted by Gasteiger charge is 2.04. The minimum absolute atomic E-state index is 0.279. The topological polar surface area (TPSA) is 36.3 Å². The lowest BCUT2D eigenvalue weighted by molar-refractivity contribution is 0.409. The molecule has 0 fully saturated rings. The molecule has 0 spiro atoms. The van der Waals surface area contributed by atoms with E-state index in [1.54, 1.807) is 42.4 Å². The number of hydrogen-bond donors (Lipinski definition) is 0. The average molecular weight is 284 g/mol. The van der Waals surface area contributed by atoms with Gasteiger partial charge in [-0.05, 0) is 36.4 Å². The molecule has 0 saturated heterocycles. The highest BCUT2D eigenvalue weighted by atomic mass is 19.1. The quantitative estimate of drug-likeness (QED) is 0.731. The second-order valence-electron chi connectivity index (χ2n) is 4.38. The van der Waals surface area contributed by atoms with Gasteiger partial charge in [-0.2, -0.15) is 5.10 Å². The van der Waals surface area contributed by atoms with E-state index in [-0.39, 0.29) is 5.82 Å². The Morgan fingerprint density at radius 1 is 1.00 bits per heavy atom. The minimum atomic E-state index is -0.279. The molecular weight excluding hydrogens is 271 g/mol. The molecule has 1 aromatic heterocycles. The summed E-state index contributed by atoms with van der Waals surface area (Å²) >= 11 is 0. The van der Waals surface area contributed by atoms with E-state index < -0.39 is 0 Å². The number of benzene rings is 2. The zero-order valence-corrected chi connectivity index (χ0v) is 11.4. The molecule has 2 aromatic carbocycles. The number of ether oxygens (including phenoxy) is 2. The summed E-state index contributed by atoms with van der Waals surface area (Å²) in [5.41, 5.74) is 0.761. The summed E-state index contributed by atoms with van der Waals surface area (Å²) in [6.07, 6.45) is 3.33. The van der Waals surface area contributed by atoms with Gasteiger partial charge in [0.25, 0.3) is 0 Å². The highest BCUT2D eigenvalue weighted by molar-refractivity contribution is 5.37. The fourth-order valence-electron chi connectivity index (χ4n) is 1.89. The van der Waals surface area contributed by atoms with Crippen molar-refractivity contribution in [2.24, 2.45) is 0 Å². The van der Waals surface area contributed by atoms with E-state index >= 15 is 0 Å². The van der Waals surface area contributed by atoms with Gasteiger partial charge in [-0.15, -0.1) is 0 Å². The molecule has 5 heteroatoms. The lowest BCUT2D eigenvalue weighted by Crippen LogP contribution is -1.93. The lowest BCUT2D eigenvalue weighted by atomic mass is 10.3. The van der Waals surface area contributed by atoms with Crippen molar-refractivity contribution >= 4 is 0 Å². The molecule has 21 heavy (non-hydrogen) atoms. The lowest BCUT2D eigenvalue weighted by Gasteiger charge is -2.04. The van der Waals surface area contributed by atoms with Gasteiger partial charge in [0.1, 0.15) is 17.3 Å². The molecule has 1 heterocycles. The normalized spacial score (nSPS) is 10.4. The van der Waals surface area contributed by atoms with Crippen LogP contribution < -0.4 is 9.47 Å². The monoisotopic (exact) mass is 284 g/mol. The first-order valence-electron chi connectivity index (χ1n) is 6.37. The van der Waals surface area contributed by atoms with Crippen LogP contribution in [-0.2, 0) is 0 Å². The first-order chi connectivity index (χ1) is 10.2. The Morgan fingerprint density at radius 2 is 1.76 bits per heavy atom. The van der Waals surface area contributed by atoms with E-state index in [4.69, 9.17) is 9.47 Å². The molecule has 0 unspecified atom stereocenters. The average Bonchev–Trinajstić information content (AvgIpc) is 2.96. The smallest absolute Gasteiger partial charge is 0.165 e. The number of rotatable bonds is 4. The van der Waals surface area contributed by atoms with E-state index in [2.05, 4.69) is 5.10 Å². The SMILES string of the molecule is COc1cccc(Oc2cnn(-c3ccc(F)cc3)c2)c1. The van der Waals surface area contributed by atoms with E-state index in [0.717, 1.165) is 11.4 Å². The van der Waals surface area contributed by atoms with E-state index in [1.807, 2.05) is 18.2 Å². The first-order valence-corrected chi connectivity index (χ1v) is 6.37. The molecule has 0 bridgehead atoms. The number of halogens is 1. The molecule has 0 aliphatic heterocycles. The van der Waals surface area contributed by atoms with Gasteiger partial charge in [0, 0.05) is 6.07 Å². The summed E-state index contributed by atoms with van der Waals surface area (Å²) in [4.78, 5) is 0. The summed E-state index contributed by atoms with van der Waals surface area (Å²) in [5, 5.41) is 4.19. The molecule has 3 rings (SSSR count). The Bertz CT molecular complexity index is 738. The van der Waals surface area contributed by atoms with Crippen LogP contribution in [0.4, 0.5) is 4.39 Å². The van der Waals surface area contributed by atoms with E-state index in [9.17, 15) is 4.39 Å². The largest absolute Gasteiger partial charge is 0.497 e. The van der Waals surface area contributed by atoms with Crippen molar-refractivity contribution in [3.63, 3.8) is 0 Å². The summed E-state index contributed by atoms with van der Waals surface area (Å²) in [6, 6.07) is 13.4. The summed E-state index contributed by atoms with van der Waals surface area (Å²) in [6.45, 7) is 0. The van der Waals surface area contributed by atoms with Gasteiger partial charge in [0.05, 0.1) is 25.2 Å². The van der Waals surface area contributed by atoms with Crippen molar-refractivity contribution in [3.8, 4) is 22.9 Å². The van der Waals surface area contributed by atoms with Crippen molar-refractivity contribution in [3.05, 3.63) is 66.7 Å². The molecule has 0 radical (unpaired) electrons. The molecule has 0 atom stereocenters. The van der Waals surface area contributed by atoms with Gasteiger partial charge in [0.2, 0.25) is 0 Å². The van der Waals surface area contributed by atoms with Crippen LogP contribution in [0, 0.1) is 5.82 Å². The first kappa shape index (κ1) is 13.2. The number of aromatic nitrogens is 2. The summed E-state index contributed by atoms with van der Waals surface area (Å²) < 4.78 is 25.4. The Kier molecular flexibility index (Phi) is 3.55. The summed E-state index contributed by atoms with van der Waals surface area (Å²) in [7, 11) is 1.60. The Morgan fingerprint density at radius 3 is 2.52 bits per heavy atom. The Balaban J connectivity index is 1.80. The molecule has 0 aliphatic rings. The molecular formula is C16H13FN2O2. The zero-order valence-electron chi connectivity index (χ0n) is 11.4. The predicted octanol–water partition coefficient (Wildman–Crippen LogP) is 3.81. The van der Waals surface area contributed by atoms with Crippen LogP contribution in [0.1, 0.15) is 0 Å². The van der Waals surface area contributed by atoms with Crippen LogP contribution in [0.15, 0.2) is 60.9 Å². The van der Waals surface area contributed by atoms with Crippen LogP contribution in [0.2, 0.25) is 0 Å². The minimum Gasteiger partial charge on any atom is -0.497 e. The number of hydrogen-bond acceptors (Lipinski definition) is 3. The molecule has 106 valence electrons. The second-order valence-corrected chi connectivity index (χ2v) is 4.38. The van der Waals surface area contributed by atoms with Crippen LogP contribution >= 0.6 is 0 Å². The standard InChI is InChI=1S/C16H13FN2O2/c1-20-14-3-2-4-15(9-14)21-16-10-18-19(11-16)13-7-5-12(17)6-8-13/h2-11H,1H3. The fraction of sp³-hybridized carbons (Fsp3) is 0.0625. The Hall–Kier alpha value is -2.82. The van der Waals surface area contributed by atoms with E-state index in [1.165, 1.54) is 12.1 Å². The maximum absolute atomic E-state index is 12.9. The van der Waals surface area contributed by atoms with Gasteiger partial charge in [-0.1, -0.05) is 6.07 Å². The maximum atomic E-state index is 12.9. The maximum Gasteiger partial charge on any atom is 0.165 e. The van der Waals surface area contributed by atoms with Crippen LogP contribution in [0.25, 0.3) is 5.69 Å². The van der Waals surface area contributed by atoms with Gasteiger partial charge < -0.3 is 9.47 Å². The van der Waals surface area contributed by atoms with Crippen LogP contribution in [-0.4, -0.2) is 16.9 Å². The number of nitrogens with zero attached hydrogens (tertiary/aromatic N) is 2. The molecule has 0 N–H and O–H groups in total. The van der Waals surface area contributed by atoms with Crippen LogP contribution in [0.3, 0.4) is 0 Å². The van der Waals surface area contributed by atoms with Gasteiger partial charge >= 0.3 is 0 Å². The third-order valence-electron chi connectivity index (χ3n) is 2.93. The molecule has 0 amide bonds. The third-order valence-corrected chi connectivity index (χ3v) is 2.93. The second kappa shape index (κ2) is 5.66. The van der Waals surface area contributed by atoms with Crippen molar-refractivity contribution in [1.29, 1.82) is 0 Å². The van der Waals surface area contributed by atoms with Crippen molar-refractivity contribution in [1.82, 2.24) is 9.78 Å². The summed E-state index contributed by atoms with van der Waals surface area (Å²) in [5.74, 6) is 1.69. The molecule has 0 saturated carbocycles. The zero-order chi connectivity index (χ0) is 14.7. The number of methoxy groups -OCH3 is 1. The third kappa shape index (κ3) is 3.02. The van der Waals surface area contributed by atoms with Crippen LogP contribution in [0.5, 0.6) is 17.2 Å². The van der Waals surface area contributed by atoms with Gasteiger partial charge in [-0.3, -0.25) is 0 Å². The van der Waals surface area contributed by atoms with Crippen molar-refractivity contribution in [2.75, 3.05) is 7.11 Å².